The van der Waals surface area contributed by atoms with Gasteiger partial charge >= 0.3 is 0 Å². The van der Waals surface area contributed by atoms with Crippen LogP contribution in [0.25, 0.3) is 0 Å². The molecule has 0 saturated heterocycles. The Morgan fingerprint density at radius 1 is 1.64 bits per heavy atom. The van der Waals surface area contributed by atoms with Crippen LogP contribution in [0, 0.1) is 5.92 Å². The first-order valence-electron chi connectivity index (χ1n) is 5.49. The molecule has 1 aliphatic rings. The first-order chi connectivity index (χ1) is 6.78. The molecule has 1 saturated carbocycles. The van der Waals surface area contributed by atoms with Crippen LogP contribution in [0.2, 0.25) is 0 Å². The smallest absolute Gasteiger partial charge is 0.183 e. The lowest BCUT2D eigenvalue weighted by molar-refractivity contribution is 0.641. The zero-order valence-electron chi connectivity index (χ0n) is 8.92. The quantitative estimate of drug-likeness (QED) is 0.806. The minimum atomic E-state index is 0.582. The molecule has 1 heterocycles. The van der Waals surface area contributed by atoms with Gasteiger partial charge in [-0.05, 0) is 25.7 Å². The van der Waals surface area contributed by atoms with Crippen molar-refractivity contribution < 1.29 is 0 Å². The lowest BCUT2D eigenvalue weighted by atomic mass is 10.2. The molecule has 1 unspecified atom stereocenters. The number of aromatic nitrogens is 1. The van der Waals surface area contributed by atoms with E-state index in [1.165, 1.54) is 25.0 Å². The number of anilines is 1. The Hall–Kier alpha value is -0.570. The van der Waals surface area contributed by atoms with E-state index in [0.29, 0.717) is 6.04 Å². The molecule has 0 bridgehead atoms. The zero-order valence-corrected chi connectivity index (χ0v) is 9.73. The Morgan fingerprint density at radius 2 is 2.43 bits per heavy atom. The number of aryl methyl sites for hydroxylation is 1. The summed E-state index contributed by atoms with van der Waals surface area (Å²) in [6.07, 6.45) is 5.21. The third kappa shape index (κ3) is 2.71. The fourth-order valence-electron chi connectivity index (χ4n) is 1.66. The van der Waals surface area contributed by atoms with Gasteiger partial charge < -0.3 is 5.32 Å². The van der Waals surface area contributed by atoms with Gasteiger partial charge in [0, 0.05) is 11.4 Å². The molecule has 2 nitrogen and oxygen atoms in total. The van der Waals surface area contributed by atoms with E-state index in [4.69, 9.17) is 0 Å². The van der Waals surface area contributed by atoms with Crippen LogP contribution in [0.5, 0.6) is 0 Å². The molecule has 78 valence electrons. The number of thiazole rings is 1. The molecule has 1 atom stereocenters. The molecule has 14 heavy (non-hydrogen) atoms. The van der Waals surface area contributed by atoms with Crippen molar-refractivity contribution in [3.8, 4) is 0 Å². The second-order valence-electron chi connectivity index (χ2n) is 4.22. The summed E-state index contributed by atoms with van der Waals surface area (Å²) in [7, 11) is 0. The maximum atomic E-state index is 4.50. The van der Waals surface area contributed by atoms with E-state index in [-0.39, 0.29) is 0 Å². The largest absolute Gasteiger partial charge is 0.359 e. The van der Waals surface area contributed by atoms with E-state index in [2.05, 4.69) is 29.5 Å². The average Bonchev–Trinajstić information content (AvgIpc) is 2.83. The average molecular weight is 210 g/mol. The number of nitrogens with one attached hydrogen (secondary N) is 1. The highest BCUT2D eigenvalue weighted by atomic mass is 32.1. The molecule has 1 aliphatic carbocycles. The van der Waals surface area contributed by atoms with Gasteiger partial charge in [0.1, 0.15) is 0 Å². The zero-order chi connectivity index (χ0) is 9.97. The van der Waals surface area contributed by atoms with Crippen molar-refractivity contribution in [1.82, 2.24) is 4.98 Å². The molecule has 0 amide bonds. The van der Waals surface area contributed by atoms with Gasteiger partial charge in [-0.25, -0.2) is 4.98 Å². The molecular weight excluding hydrogens is 192 g/mol. The monoisotopic (exact) mass is 210 g/mol. The molecule has 1 aromatic heterocycles. The number of rotatable bonds is 5. The maximum Gasteiger partial charge on any atom is 0.183 e. The Morgan fingerprint density at radius 3 is 3.00 bits per heavy atom. The molecule has 1 N–H and O–H groups in total. The van der Waals surface area contributed by atoms with Crippen LogP contribution in [-0.4, -0.2) is 11.0 Å². The lowest BCUT2D eigenvalue weighted by Gasteiger charge is -2.11. The van der Waals surface area contributed by atoms with E-state index >= 15 is 0 Å². The van der Waals surface area contributed by atoms with Crippen molar-refractivity contribution in [2.45, 2.75) is 45.6 Å². The lowest BCUT2D eigenvalue weighted by Crippen LogP contribution is -2.15. The summed E-state index contributed by atoms with van der Waals surface area (Å²) in [6.45, 7) is 4.40. The van der Waals surface area contributed by atoms with Gasteiger partial charge in [0.15, 0.2) is 5.13 Å². The molecule has 0 spiro atoms. The van der Waals surface area contributed by atoms with Gasteiger partial charge in [-0.3, -0.25) is 0 Å². The van der Waals surface area contributed by atoms with Gasteiger partial charge in [-0.15, -0.1) is 11.3 Å². The fraction of sp³-hybridized carbons (Fsp3) is 0.727. The minimum absolute atomic E-state index is 0.582. The Labute approximate surface area is 89.8 Å². The first kappa shape index (κ1) is 9.97. The molecular formula is C11H18N2S. The highest BCUT2D eigenvalue weighted by Gasteiger charge is 2.23. The van der Waals surface area contributed by atoms with Crippen molar-refractivity contribution in [3.05, 3.63) is 11.1 Å². The molecule has 1 aromatic rings. The van der Waals surface area contributed by atoms with Crippen LogP contribution in [-0.2, 0) is 6.42 Å². The van der Waals surface area contributed by atoms with Gasteiger partial charge in [-0.2, -0.15) is 0 Å². The van der Waals surface area contributed by atoms with Crippen LogP contribution in [0.1, 0.15) is 38.8 Å². The van der Waals surface area contributed by atoms with E-state index in [9.17, 15) is 0 Å². The standard InChI is InChI=1S/C11H18N2S/c1-3-10-7-14-11(13-10)12-8(2)6-9-4-5-9/h7-9H,3-6H2,1-2H3,(H,12,13). The summed E-state index contributed by atoms with van der Waals surface area (Å²) >= 11 is 1.73. The highest BCUT2D eigenvalue weighted by Crippen LogP contribution is 2.34. The van der Waals surface area contributed by atoms with Crippen molar-refractivity contribution in [3.63, 3.8) is 0 Å². The van der Waals surface area contributed by atoms with Crippen molar-refractivity contribution in [2.24, 2.45) is 5.92 Å². The number of nitrogens with zero attached hydrogens (tertiary/aromatic N) is 1. The van der Waals surface area contributed by atoms with E-state index in [0.717, 1.165) is 17.5 Å². The van der Waals surface area contributed by atoms with Crippen LogP contribution in [0.15, 0.2) is 5.38 Å². The molecule has 0 radical (unpaired) electrons. The van der Waals surface area contributed by atoms with Gasteiger partial charge in [-0.1, -0.05) is 19.8 Å². The van der Waals surface area contributed by atoms with E-state index < -0.39 is 0 Å². The topological polar surface area (TPSA) is 24.9 Å². The van der Waals surface area contributed by atoms with Crippen LogP contribution in [0.4, 0.5) is 5.13 Å². The second-order valence-corrected chi connectivity index (χ2v) is 5.08. The van der Waals surface area contributed by atoms with Crippen molar-refractivity contribution in [2.75, 3.05) is 5.32 Å². The first-order valence-corrected chi connectivity index (χ1v) is 6.37. The minimum Gasteiger partial charge on any atom is -0.359 e. The highest BCUT2D eigenvalue weighted by molar-refractivity contribution is 7.13. The summed E-state index contributed by atoms with van der Waals surface area (Å²) in [6, 6.07) is 0.582. The van der Waals surface area contributed by atoms with Crippen LogP contribution < -0.4 is 5.32 Å². The summed E-state index contributed by atoms with van der Waals surface area (Å²) in [5.74, 6) is 0.989. The van der Waals surface area contributed by atoms with Crippen LogP contribution in [0.3, 0.4) is 0 Å². The van der Waals surface area contributed by atoms with Crippen molar-refractivity contribution in [1.29, 1.82) is 0 Å². The fourth-order valence-corrected chi connectivity index (χ4v) is 2.57. The van der Waals surface area contributed by atoms with Crippen molar-refractivity contribution >= 4 is 16.5 Å². The predicted octanol–water partition coefficient (Wildman–Crippen LogP) is 3.31. The van der Waals surface area contributed by atoms with Gasteiger partial charge in [0.05, 0.1) is 5.69 Å². The number of hydrogen-bond acceptors (Lipinski definition) is 3. The number of hydrogen-bond donors (Lipinski definition) is 1. The van der Waals surface area contributed by atoms with Crippen LogP contribution >= 0.6 is 11.3 Å². The molecule has 1 fully saturated rings. The van der Waals surface area contributed by atoms with Gasteiger partial charge in [0.25, 0.3) is 0 Å². The Balaban J connectivity index is 1.82. The summed E-state index contributed by atoms with van der Waals surface area (Å²) < 4.78 is 0. The molecule has 3 heteroatoms. The predicted molar refractivity (Wildman–Crippen MR) is 61.9 cm³/mol. The van der Waals surface area contributed by atoms with E-state index in [1.54, 1.807) is 11.3 Å². The second kappa shape index (κ2) is 4.30. The molecule has 0 aliphatic heterocycles. The molecule has 0 aromatic carbocycles. The third-order valence-corrected chi connectivity index (χ3v) is 3.49. The normalized spacial score (nSPS) is 18.1. The maximum absolute atomic E-state index is 4.50. The molecule has 2 rings (SSSR count). The Bertz CT molecular complexity index is 291. The SMILES string of the molecule is CCc1csc(NC(C)CC2CC2)n1. The summed E-state index contributed by atoms with van der Waals surface area (Å²) in [5.41, 5.74) is 1.20. The summed E-state index contributed by atoms with van der Waals surface area (Å²) in [4.78, 5) is 4.50. The van der Waals surface area contributed by atoms with E-state index in [1.807, 2.05) is 0 Å². The van der Waals surface area contributed by atoms with Gasteiger partial charge in [0.2, 0.25) is 0 Å². The Kier molecular flexibility index (Phi) is 3.06. The summed E-state index contributed by atoms with van der Waals surface area (Å²) in [5, 5.41) is 6.71. The third-order valence-electron chi connectivity index (χ3n) is 2.67.